The van der Waals surface area contributed by atoms with Crippen molar-refractivity contribution in [2.75, 3.05) is 9.80 Å². The summed E-state index contributed by atoms with van der Waals surface area (Å²) < 4.78 is 0. The third-order valence-corrected chi connectivity index (χ3v) is 8.44. The Labute approximate surface area is 295 Å². The molecule has 9 aromatic rings. The standard InChI is InChI=1S/C38H24N14/c1-3-7-25(8-4-1)33-29-13-11-28(52(37-47-21-41-22-48-37)38-49-23-42-24-50-38)16-32(29)34(26-9-5-2-6-10-26)30-14-12-27(15-31(30)33)51(35-43-17-39-18-44-35)36-45-19-40-20-46-36/h1-24H. The van der Waals surface area contributed by atoms with Crippen molar-refractivity contribution in [3.8, 4) is 22.3 Å². The Morgan fingerprint density at radius 2 is 0.615 bits per heavy atom. The van der Waals surface area contributed by atoms with Gasteiger partial charge in [-0.1, -0.05) is 72.8 Å². The van der Waals surface area contributed by atoms with Crippen LogP contribution in [0.1, 0.15) is 0 Å². The van der Waals surface area contributed by atoms with Crippen molar-refractivity contribution < 1.29 is 0 Å². The van der Waals surface area contributed by atoms with E-state index < -0.39 is 0 Å². The summed E-state index contributed by atoms with van der Waals surface area (Å²) in [6.07, 6.45) is 11.6. The molecule has 0 fully saturated rings. The minimum Gasteiger partial charge on any atom is -0.247 e. The van der Waals surface area contributed by atoms with E-state index in [1.54, 1.807) is 9.80 Å². The molecule has 4 heterocycles. The van der Waals surface area contributed by atoms with E-state index in [-0.39, 0.29) is 0 Å². The first-order valence-electron chi connectivity index (χ1n) is 16.1. The molecule has 4 aromatic heterocycles. The highest BCUT2D eigenvalue weighted by Crippen LogP contribution is 2.47. The van der Waals surface area contributed by atoms with Crippen LogP contribution in [0.15, 0.2) is 148 Å². The van der Waals surface area contributed by atoms with Crippen molar-refractivity contribution in [3.63, 3.8) is 0 Å². The van der Waals surface area contributed by atoms with E-state index in [0.29, 0.717) is 23.8 Å². The average molecular weight is 677 g/mol. The van der Waals surface area contributed by atoms with Crippen LogP contribution in [0.2, 0.25) is 0 Å². The normalized spacial score (nSPS) is 11.1. The number of aromatic nitrogens is 12. The molecule has 52 heavy (non-hydrogen) atoms. The minimum absolute atomic E-state index is 0.368. The first-order chi connectivity index (χ1) is 25.8. The predicted octanol–water partition coefficient (Wildman–Crippen LogP) is 7.01. The molecule has 246 valence electrons. The maximum atomic E-state index is 4.45. The van der Waals surface area contributed by atoms with E-state index in [1.165, 1.54) is 50.6 Å². The maximum Gasteiger partial charge on any atom is 0.240 e. The fourth-order valence-electron chi connectivity index (χ4n) is 6.35. The quantitative estimate of drug-likeness (QED) is 0.151. The molecule has 0 aliphatic heterocycles. The third-order valence-electron chi connectivity index (χ3n) is 8.44. The van der Waals surface area contributed by atoms with Crippen LogP contribution >= 0.6 is 0 Å². The van der Waals surface area contributed by atoms with Crippen LogP contribution in [0.3, 0.4) is 0 Å². The van der Waals surface area contributed by atoms with Crippen molar-refractivity contribution in [2.24, 2.45) is 0 Å². The van der Waals surface area contributed by atoms with Gasteiger partial charge in [-0.2, -0.15) is 0 Å². The van der Waals surface area contributed by atoms with Crippen LogP contribution in [0.5, 0.6) is 0 Å². The van der Waals surface area contributed by atoms with E-state index in [0.717, 1.165) is 55.2 Å². The highest BCUT2D eigenvalue weighted by atomic mass is 15.4. The van der Waals surface area contributed by atoms with E-state index >= 15 is 0 Å². The molecule has 0 saturated carbocycles. The highest BCUT2D eigenvalue weighted by molar-refractivity contribution is 6.22. The molecule has 9 rings (SSSR count). The molecular formula is C38H24N14. The van der Waals surface area contributed by atoms with Crippen molar-refractivity contribution in [1.82, 2.24) is 59.8 Å². The zero-order valence-electron chi connectivity index (χ0n) is 27.1. The van der Waals surface area contributed by atoms with Gasteiger partial charge in [0, 0.05) is 0 Å². The van der Waals surface area contributed by atoms with Gasteiger partial charge in [-0.05, 0) is 68.1 Å². The topological polar surface area (TPSA) is 161 Å². The zero-order valence-corrected chi connectivity index (χ0v) is 27.1. The first kappa shape index (κ1) is 30.3. The molecule has 0 saturated heterocycles. The Kier molecular flexibility index (Phi) is 7.75. The lowest BCUT2D eigenvalue weighted by atomic mass is 9.85. The summed E-state index contributed by atoms with van der Waals surface area (Å²) in [6, 6.07) is 33.2. The molecular weight excluding hydrogens is 653 g/mol. The summed E-state index contributed by atoms with van der Waals surface area (Å²) in [5, 5.41) is 4.05. The van der Waals surface area contributed by atoms with Crippen molar-refractivity contribution in [1.29, 1.82) is 0 Å². The number of nitrogens with zero attached hydrogens (tertiary/aromatic N) is 14. The fraction of sp³-hybridized carbons (Fsp3) is 0. The van der Waals surface area contributed by atoms with Crippen LogP contribution in [-0.4, -0.2) is 59.8 Å². The molecule has 14 heteroatoms. The van der Waals surface area contributed by atoms with Crippen LogP contribution in [0, 0.1) is 0 Å². The summed E-state index contributed by atoms with van der Waals surface area (Å²) in [4.78, 5) is 55.3. The Morgan fingerprint density at radius 3 is 0.923 bits per heavy atom. The molecule has 0 radical (unpaired) electrons. The molecule has 0 unspecified atom stereocenters. The minimum atomic E-state index is 0.368. The second-order valence-electron chi connectivity index (χ2n) is 11.4. The van der Waals surface area contributed by atoms with E-state index in [9.17, 15) is 0 Å². The maximum absolute atomic E-state index is 4.45. The lowest BCUT2D eigenvalue weighted by Crippen LogP contribution is -2.16. The first-order valence-corrected chi connectivity index (χ1v) is 16.1. The van der Waals surface area contributed by atoms with E-state index in [1.807, 2.05) is 48.5 Å². The van der Waals surface area contributed by atoms with Gasteiger partial charge in [0.1, 0.15) is 50.6 Å². The molecule has 0 N–H and O–H groups in total. The number of benzene rings is 5. The molecule has 14 nitrogen and oxygen atoms in total. The van der Waals surface area contributed by atoms with Crippen molar-refractivity contribution in [2.45, 2.75) is 0 Å². The number of rotatable bonds is 8. The molecule has 0 atom stereocenters. The zero-order chi connectivity index (χ0) is 34.7. The summed E-state index contributed by atoms with van der Waals surface area (Å²) in [5.41, 5.74) is 5.68. The Balaban J connectivity index is 1.37. The van der Waals surface area contributed by atoms with Crippen LogP contribution in [-0.2, 0) is 0 Å². The van der Waals surface area contributed by atoms with Gasteiger partial charge in [0.15, 0.2) is 0 Å². The number of anilines is 6. The predicted molar refractivity (Wildman–Crippen MR) is 195 cm³/mol. The van der Waals surface area contributed by atoms with Crippen LogP contribution in [0.4, 0.5) is 35.2 Å². The summed E-state index contributed by atoms with van der Waals surface area (Å²) in [5.74, 6) is 1.47. The average Bonchev–Trinajstić information content (AvgIpc) is 3.22. The van der Waals surface area contributed by atoms with Gasteiger partial charge in [0.2, 0.25) is 23.8 Å². The Bertz CT molecular complexity index is 2360. The van der Waals surface area contributed by atoms with Gasteiger partial charge in [-0.15, -0.1) is 0 Å². The summed E-state index contributed by atoms with van der Waals surface area (Å²) in [6.45, 7) is 0. The molecule has 5 aromatic carbocycles. The van der Waals surface area contributed by atoms with E-state index in [4.69, 9.17) is 0 Å². The van der Waals surface area contributed by atoms with Gasteiger partial charge in [-0.3, -0.25) is 0 Å². The lowest BCUT2D eigenvalue weighted by Gasteiger charge is -2.24. The lowest BCUT2D eigenvalue weighted by molar-refractivity contribution is 0.948. The molecule has 0 bridgehead atoms. The Hall–Kier alpha value is -7.74. The van der Waals surface area contributed by atoms with Crippen molar-refractivity contribution >= 4 is 56.7 Å². The third kappa shape index (κ3) is 5.51. The summed E-state index contributed by atoms with van der Waals surface area (Å²) >= 11 is 0. The number of fused-ring (bicyclic) bond motifs is 2. The molecule has 0 spiro atoms. The fourth-order valence-corrected chi connectivity index (χ4v) is 6.35. The van der Waals surface area contributed by atoms with Crippen LogP contribution < -0.4 is 9.80 Å². The van der Waals surface area contributed by atoms with Gasteiger partial charge in [0.05, 0.1) is 11.4 Å². The second kappa shape index (κ2) is 13.3. The smallest absolute Gasteiger partial charge is 0.240 e. The Morgan fingerprint density at radius 1 is 0.308 bits per heavy atom. The van der Waals surface area contributed by atoms with Gasteiger partial charge >= 0.3 is 0 Å². The monoisotopic (exact) mass is 676 g/mol. The number of hydrogen-bond acceptors (Lipinski definition) is 14. The van der Waals surface area contributed by atoms with Gasteiger partial charge in [-0.25, -0.2) is 69.6 Å². The van der Waals surface area contributed by atoms with Gasteiger partial charge < -0.3 is 0 Å². The van der Waals surface area contributed by atoms with Crippen molar-refractivity contribution in [3.05, 3.63) is 148 Å². The summed E-state index contributed by atoms with van der Waals surface area (Å²) in [7, 11) is 0. The SMILES string of the molecule is c1ccc(-c2c3ccc(N(c4ncncn4)c4ncncn4)cc3c(-c3ccccc3)c3ccc(N(c4ncncn4)c4ncncn4)cc23)cc1. The molecule has 0 amide bonds. The molecule has 0 aliphatic carbocycles. The largest absolute Gasteiger partial charge is 0.247 e. The van der Waals surface area contributed by atoms with E-state index in [2.05, 4.69) is 108 Å². The molecule has 0 aliphatic rings. The second-order valence-corrected chi connectivity index (χ2v) is 11.4. The highest BCUT2D eigenvalue weighted by Gasteiger charge is 2.24. The van der Waals surface area contributed by atoms with Crippen LogP contribution in [0.25, 0.3) is 43.8 Å². The number of hydrogen-bond donors (Lipinski definition) is 0. The van der Waals surface area contributed by atoms with Gasteiger partial charge in [0.25, 0.3) is 0 Å².